The minimum atomic E-state index is -0.493. The molecular formula is C27H37FN4O3. The van der Waals surface area contributed by atoms with Gasteiger partial charge in [0, 0.05) is 50.0 Å². The molecule has 1 aliphatic heterocycles. The first kappa shape index (κ1) is 25.2. The van der Waals surface area contributed by atoms with Crippen molar-refractivity contribution < 1.29 is 18.8 Å². The maximum atomic E-state index is 13.6. The molecule has 1 aromatic carbocycles. The van der Waals surface area contributed by atoms with E-state index >= 15 is 0 Å². The van der Waals surface area contributed by atoms with Crippen molar-refractivity contribution in [3.63, 3.8) is 0 Å². The fraction of sp³-hybridized carbons (Fsp3) is 0.593. The van der Waals surface area contributed by atoms with E-state index in [4.69, 9.17) is 0 Å². The first-order valence-corrected chi connectivity index (χ1v) is 12.9. The van der Waals surface area contributed by atoms with Gasteiger partial charge in [0.15, 0.2) is 0 Å². The van der Waals surface area contributed by atoms with Gasteiger partial charge in [-0.1, -0.05) is 33.1 Å². The summed E-state index contributed by atoms with van der Waals surface area (Å²) in [6.07, 6.45) is 6.00. The molecule has 0 spiro atoms. The van der Waals surface area contributed by atoms with Crippen LogP contribution in [-0.4, -0.2) is 64.3 Å². The van der Waals surface area contributed by atoms with E-state index in [1.165, 1.54) is 18.6 Å². The number of hydrogen-bond acceptors (Lipinski definition) is 3. The Morgan fingerprint density at radius 1 is 1.03 bits per heavy atom. The summed E-state index contributed by atoms with van der Waals surface area (Å²) in [5.74, 6) is -0.497. The van der Waals surface area contributed by atoms with Crippen LogP contribution in [0.1, 0.15) is 62.9 Å². The molecule has 1 saturated carbocycles. The van der Waals surface area contributed by atoms with Crippen LogP contribution in [0.15, 0.2) is 24.3 Å². The Labute approximate surface area is 206 Å². The van der Waals surface area contributed by atoms with Gasteiger partial charge in [-0.05, 0) is 49.4 Å². The number of benzene rings is 1. The zero-order valence-electron chi connectivity index (χ0n) is 21.1. The first-order valence-electron chi connectivity index (χ1n) is 12.9. The molecule has 1 aromatic heterocycles. The lowest BCUT2D eigenvalue weighted by atomic mass is 9.83. The molecule has 8 heteroatoms. The van der Waals surface area contributed by atoms with Gasteiger partial charge in [0.05, 0.1) is 0 Å². The van der Waals surface area contributed by atoms with Gasteiger partial charge in [-0.3, -0.25) is 14.4 Å². The molecule has 190 valence electrons. The van der Waals surface area contributed by atoms with Crippen LogP contribution in [0.5, 0.6) is 0 Å². The minimum absolute atomic E-state index is 0.0271. The minimum Gasteiger partial charge on any atom is -0.344 e. The average Bonchev–Trinajstić information content (AvgIpc) is 3.21. The number of halogens is 1. The largest absolute Gasteiger partial charge is 0.344 e. The Morgan fingerprint density at radius 3 is 2.34 bits per heavy atom. The molecule has 1 saturated heterocycles. The molecule has 2 heterocycles. The Kier molecular flexibility index (Phi) is 7.77. The molecule has 3 amide bonds. The lowest BCUT2D eigenvalue weighted by Crippen LogP contribution is -2.58. The van der Waals surface area contributed by atoms with Crippen LogP contribution in [0.25, 0.3) is 10.9 Å². The fourth-order valence-corrected chi connectivity index (χ4v) is 5.34. The number of rotatable bonds is 6. The van der Waals surface area contributed by atoms with Crippen molar-refractivity contribution in [3.8, 4) is 0 Å². The topological polar surface area (TPSA) is 74.7 Å². The second-order valence-corrected chi connectivity index (χ2v) is 10.1. The van der Waals surface area contributed by atoms with Gasteiger partial charge in [-0.15, -0.1) is 0 Å². The summed E-state index contributed by atoms with van der Waals surface area (Å²) >= 11 is 0. The van der Waals surface area contributed by atoms with E-state index in [9.17, 15) is 18.8 Å². The number of nitrogens with zero attached hydrogens (tertiary/aromatic N) is 3. The zero-order valence-corrected chi connectivity index (χ0v) is 21.1. The maximum Gasteiger partial charge on any atom is 0.270 e. The number of piperazine rings is 1. The Hall–Kier alpha value is -2.90. The Bertz CT molecular complexity index is 1080. The number of amides is 3. The number of hydrogen-bond donors (Lipinski definition) is 1. The van der Waals surface area contributed by atoms with Crippen molar-refractivity contribution in [3.05, 3.63) is 35.8 Å². The van der Waals surface area contributed by atoms with Crippen LogP contribution in [0.4, 0.5) is 4.39 Å². The second-order valence-electron chi connectivity index (χ2n) is 10.1. The number of aromatic nitrogens is 1. The standard InChI is InChI=1S/C27H37FN4O3/c1-4-18(2)25(33)29-24(19-8-6-5-7-9-19)27(35)32-14-12-31(13-15-32)26(34)23-17-20-16-21(28)10-11-22(20)30(23)3/h10-11,16-19,24H,4-9,12-15H2,1-3H3,(H,29,33)/t18-,24+/m1/s1. The van der Waals surface area contributed by atoms with Crippen LogP contribution in [0.3, 0.4) is 0 Å². The fourth-order valence-electron chi connectivity index (χ4n) is 5.34. The summed E-state index contributed by atoms with van der Waals surface area (Å²) in [6, 6.07) is 5.73. The normalized spacial score (nSPS) is 19.0. The molecule has 1 aliphatic carbocycles. The number of nitrogens with one attached hydrogen (secondary N) is 1. The highest BCUT2D eigenvalue weighted by molar-refractivity contribution is 5.99. The molecule has 2 fully saturated rings. The predicted molar refractivity (Wildman–Crippen MR) is 133 cm³/mol. The lowest BCUT2D eigenvalue weighted by Gasteiger charge is -2.39. The van der Waals surface area contributed by atoms with Gasteiger partial charge in [-0.2, -0.15) is 0 Å². The van der Waals surface area contributed by atoms with Gasteiger partial charge in [0.1, 0.15) is 17.6 Å². The molecule has 2 atom stereocenters. The van der Waals surface area contributed by atoms with Crippen LogP contribution in [-0.2, 0) is 16.6 Å². The van der Waals surface area contributed by atoms with E-state index in [2.05, 4.69) is 5.32 Å². The molecule has 35 heavy (non-hydrogen) atoms. The van der Waals surface area contributed by atoms with Gasteiger partial charge >= 0.3 is 0 Å². The molecule has 1 N–H and O–H groups in total. The molecule has 4 rings (SSSR count). The first-order chi connectivity index (χ1) is 16.8. The highest BCUT2D eigenvalue weighted by Gasteiger charge is 2.36. The smallest absolute Gasteiger partial charge is 0.270 e. The van der Waals surface area contributed by atoms with Gasteiger partial charge in [-0.25, -0.2) is 4.39 Å². The van der Waals surface area contributed by atoms with Crippen LogP contribution in [0, 0.1) is 17.7 Å². The van der Waals surface area contributed by atoms with Crippen molar-refractivity contribution in [2.75, 3.05) is 26.2 Å². The SMILES string of the molecule is CC[C@@H](C)C(=O)N[C@H](C(=O)N1CCN(C(=O)c2cc3cc(F)ccc3n2C)CC1)C1CCCCC1. The van der Waals surface area contributed by atoms with Crippen molar-refractivity contribution in [1.82, 2.24) is 19.7 Å². The van der Waals surface area contributed by atoms with Crippen LogP contribution >= 0.6 is 0 Å². The number of aryl methyl sites for hydroxylation is 1. The van der Waals surface area contributed by atoms with Crippen LogP contribution in [0.2, 0.25) is 0 Å². The monoisotopic (exact) mass is 484 g/mol. The lowest BCUT2D eigenvalue weighted by molar-refractivity contribution is -0.140. The summed E-state index contributed by atoms with van der Waals surface area (Å²) in [4.78, 5) is 43.0. The molecule has 2 aromatic rings. The zero-order chi connectivity index (χ0) is 25.1. The molecule has 7 nitrogen and oxygen atoms in total. The van der Waals surface area contributed by atoms with E-state index in [0.29, 0.717) is 37.3 Å². The molecule has 0 bridgehead atoms. The highest BCUT2D eigenvalue weighted by atomic mass is 19.1. The quantitative estimate of drug-likeness (QED) is 0.679. The van der Waals surface area contributed by atoms with E-state index in [1.807, 2.05) is 20.9 Å². The van der Waals surface area contributed by atoms with Crippen LogP contribution < -0.4 is 5.32 Å². The van der Waals surface area contributed by atoms with Gasteiger partial charge < -0.3 is 19.7 Å². The number of carbonyl (C=O) groups is 3. The number of fused-ring (bicyclic) bond motifs is 1. The molecule has 2 aliphatic rings. The third kappa shape index (κ3) is 5.36. The van der Waals surface area contributed by atoms with Crippen molar-refractivity contribution in [1.29, 1.82) is 0 Å². The third-order valence-corrected chi connectivity index (χ3v) is 7.85. The summed E-state index contributed by atoms with van der Waals surface area (Å²) in [7, 11) is 1.81. The van der Waals surface area contributed by atoms with Crippen molar-refractivity contribution in [2.24, 2.45) is 18.9 Å². The van der Waals surface area contributed by atoms with E-state index < -0.39 is 6.04 Å². The van der Waals surface area contributed by atoms with E-state index in [1.54, 1.807) is 26.5 Å². The highest BCUT2D eigenvalue weighted by Crippen LogP contribution is 2.28. The van der Waals surface area contributed by atoms with Crippen molar-refractivity contribution in [2.45, 2.75) is 58.4 Å². The van der Waals surface area contributed by atoms with E-state index in [-0.39, 0.29) is 35.4 Å². The van der Waals surface area contributed by atoms with E-state index in [0.717, 1.165) is 37.6 Å². The maximum absolute atomic E-state index is 13.6. The Morgan fingerprint density at radius 2 is 1.69 bits per heavy atom. The summed E-state index contributed by atoms with van der Waals surface area (Å²) in [5.41, 5.74) is 1.31. The van der Waals surface area contributed by atoms with Gasteiger partial charge in [0.25, 0.3) is 5.91 Å². The summed E-state index contributed by atoms with van der Waals surface area (Å²) < 4.78 is 15.4. The van der Waals surface area contributed by atoms with Crippen molar-refractivity contribution >= 4 is 28.6 Å². The summed E-state index contributed by atoms with van der Waals surface area (Å²) in [6.45, 7) is 5.60. The average molecular weight is 485 g/mol. The second kappa shape index (κ2) is 10.8. The summed E-state index contributed by atoms with van der Waals surface area (Å²) in [5, 5.41) is 3.77. The Balaban J connectivity index is 1.43. The number of carbonyl (C=O) groups excluding carboxylic acids is 3. The third-order valence-electron chi connectivity index (χ3n) is 7.85. The predicted octanol–water partition coefficient (Wildman–Crippen LogP) is 3.71. The van der Waals surface area contributed by atoms with Gasteiger partial charge in [0.2, 0.25) is 11.8 Å². The molecular weight excluding hydrogens is 447 g/mol. The molecule has 0 radical (unpaired) electrons. The molecule has 0 unspecified atom stereocenters.